The Morgan fingerprint density at radius 3 is 1.42 bits per heavy atom. The minimum absolute atomic E-state index is 0.286. The lowest BCUT2D eigenvalue weighted by Gasteiger charge is -2.47. The molecule has 14 rings (SSSR count). The maximum atomic E-state index is 2.47. The molecule has 71 heavy (non-hydrogen) atoms. The van der Waals surface area contributed by atoms with Crippen LogP contribution in [-0.4, -0.2) is 5.25 Å². The highest BCUT2D eigenvalue weighted by Crippen LogP contribution is 2.64. The Kier molecular flexibility index (Phi) is 10.0. The lowest BCUT2D eigenvalue weighted by molar-refractivity contribution is 0.449. The number of anilines is 6. The van der Waals surface area contributed by atoms with E-state index in [9.17, 15) is 0 Å². The smallest absolute Gasteiger partial charge is 0.0550 e. The Hall–Kier alpha value is -8.15. The van der Waals surface area contributed by atoms with Gasteiger partial charge in [0.05, 0.1) is 5.41 Å². The fraction of sp³-hybridized carbons (Fsp3) is 0.0448. The van der Waals surface area contributed by atoms with Crippen molar-refractivity contribution < 1.29 is 0 Å². The van der Waals surface area contributed by atoms with Crippen molar-refractivity contribution in [2.75, 3.05) is 9.80 Å². The van der Waals surface area contributed by atoms with Gasteiger partial charge in [0.1, 0.15) is 0 Å². The van der Waals surface area contributed by atoms with Gasteiger partial charge in [-0.1, -0.05) is 188 Å². The Morgan fingerprint density at radius 2 is 0.789 bits per heavy atom. The molecule has 3 unspecified atom stereocenters. The highest BCUT2D eigenvalue weighted by atomic mass is 32.2. The molecule has 2 nitrogen and oxygen atoms in total. The van der Waals surface area contributed by atoms with Crippen LogP contribution in [-0.2, 0) is 5.41 Å². The third-order valence-corrected chi connectivity index (χ3v) is 17.4. The monoisotopic (exact) mass is 942 g/mol. The summed E-state index contributed by atoms with van der Waals surface area (Å²) in [5.41, 5.74) is 18.1. The number of fused-ring (bicyclic) bond motifs is 12. The molecule has 0 radical (unpaired) electrons. The summed E-state index contributed by atoms with van der Waals surface area (Å²) in [5.74, 6) is 0.286. The van der Waals surface area contributed by atoms with Crippen molar-refractivity contribution in [2.24, 2.45) is 5.92 Å². The first-order chi connectivity index (χ1) is 35.2. The molecular weight excluding hydrogens is 897 g/mol. The number of allylic oxidation sites excluding steroid dienone is 3. The summed E-state index contributed by atoms with van der Waals surface area (Å²) in [5, 5.41) is 2.88. The number of thiophene rings is 1. The molecule has 2 aliphatic carbocycles. The fourth-order valence-electron chi connectivity index (χ4n) is 11.8. The number of hydrogen-bond donors (Lipinski definition) is 0. The van der Waals surface area contributed by atoms with Gasteiger partial charge in [0, 0.05) is 70.4 Å². The van der Waals surface area contributed by atoms with Crippen LogP contribution in [0.5, 0.6) is 0 Å². The molecule has 336 valence electrons. The molecule has 4 heteroatoms. The molecule has 0 amide bonds. The molecule has 0 bridgehead atoms. The summed E-state index contributed by atoms with van der Waals surface area (Å²) in [6.45, 7) is 0. The van der Waals surface area contributed by atoms with Gasteiger partial charge < -0.3 is 9.80 Å². The summed E-state index contributed by atoms with van der Waals surface area (Å²) in [6.07, 6.45) is 9.38. The van der Waals surface area contributed by atoms with Crippen LogP contribution in [0.15, 0.2) is 272 Å². The highest BCUT2D eigenvalue weighted by molar-refractivity contribution is 8.00. The van der Waals surface area contributed by atoms with Crippen LogP contribution in [0.3, 0.4) is 0 Å². The van der Waals surface area contributed by atoms with E-state index in [0.717, 1.165) is 34.1 Å². The van der Waals surface area contributed by atoms with Crippen LogP contribution in [0.2, 0.25) is 0 Å². The van der Waals surface area contributed by atoms with Crippen molar-refractivity contribution in [3.63, 3.8) is 0 Å². The van der Waals surface area contributed by atoms with Crippen LogP contribution >= 0.6 is 23.1 Å². The van der Waals surface area contributed by atoms with E-state index in [1.54, 1.807) is 0 Å². The van der Waals surface area contributed by atoms with E-state index in [2.05, 4.69) is 277 Å². The summed E-state index contributed by atoms with van der Waals surface area (Å²) in [6, 6.07) is 89.7. The number of hydrogen-bond acceptors (Lipinski definition) is 4. The van der Waals surface area contributed by atoms with Crippen molar-refractivity contribution in [2.45, 2.75) is 15.6 Å². The van der Waals surface area contributed by atoms with Gasteiger partial charge >= 0.3 is 0 Å². The predicted octanol–water partition coefficient (Wildman–Crippen LogP) is 18.9. The maximum Gasteiger partial charge on any atom is 0.0550 e. The predicted molar refractivity (Wildman–Crippen MR) is 303 cm³/mol. The standard InChI is InChI=1S/C67H46N2S2/c1-4-16-45(17-5-1)47-28-32-50(33-29-47)68(51-34-30-48(31-35-51)46-18-6-2-7-19-46)53-36-39-56-57-40-37-54(44-66(57)71-65(56)43-53)69(49-20-8-3-9-21-49)52-38-41-60-58(42-52)55-22-10-11-23-59(55)67(60)61-24-12-14-26-63(61)70-64-27-15-13-25-62(64)67/h1-44,61,63H. The van der Waals surface area contributed by atoms with E-state index in [-0.39, 0.29) is 11.3 Å². The first-order valence-electron chi connectivity index (χ1n) is 24.5. The second-order valence-electron chi connectivity index (χ2n) is 18.8. The molecule has 11 aromatic rings. The zero-order valence-electron chi connectivity index (χ0n) is 38.8. The summed E-state index contributed by atoms with van der Waals surface area (Å²) in [4.78, 5) is 6.20. The van der Waals surface area contributed by atoms with Crippen molar-refractivity contribution in [3.8, 4) is 33.4 Å². The van der Waals surface area contributed by atoms with E-state index in [1.165, 1.54) is 75.1 Å². The average molecular weight is 943 g/mol. The Labute approximate surface area is 423 Å². The lowest BCUT2D eigenvalue weighted by Crippen LogP contribution is -2.43. The molecule has 10 aromatic carbocycles. The first kappa shape index (κ1) is 41.8. The molecule has 1 aromatic heterocycles. The Bertz CT molecular complexity index is 3780. The molecule has 1 aliphatic heterocycles. The Balaban J connectivity index is 0.876. The third kappa shape index (κ3) is 6.85. The normalized spacial score (nSPS) is 17.2. The molecular formula is C67H46N2S2. The van der Waals surface area contributed by atoms with Gasteiger partial charge in [-0.15, -0.1) is 23.1 Å². The van der Waals surface area contributed by atoms with Gasteiger partial charge in [0.2, 0.25) is 0 Å². The van der Waals surface area contributed by atoms with E-state index in [4.69, 9.17) is 0 Å². The topological polar surface area (TPSA) is 6.48 Å². The highest BCUT2D eigenvalue weighted by Gasteiger charge is 2.55. The molecule has 2 heterocycles. The molecule has 0 N–H and O–H groups in total. The number of thioether (sulfide) groups is 1. The molecule has 3 atom stereocenters. The van der Waals surface area contributed by atoms with Crippen molar-refractivity contribution in [1.29, 1.82) is 0 Å². The summed E-state index contributed by atoms with van der Waals surface area (Å²) >= 11 is 3.87. The average Bonchev–Trinajstić information content (AvgIpc) is 3.95. The van der Waals surface area contributed by atoms with Crippen LogP contribution in [0.4, 0.5) is 34.1 Å². The van der Waals surface area contributed by atoms with Crippen LogP contribution < -0.4 is 9.80 Å². The second kappa shape index (κ2) is 17.1. The quantitative estimate of drug-likeness (QED) is 0.150. The van der Waals surface area contributed by atoms with Crippen LogP contribution in [0.25, 0.3) is 53.6 Å². The minimum Gasteiger partial charge on any atom is -0.310 e. The van der Waals surface area contributed by atoms with E-state index < -0.39 is 0 Å². The summed E-state index contributed by atoms with van der Waals surface area (Å²) in [7, 11) is 0. The second-order valence-corrected chi connectivity index (χ2v) is 21.1. The SMILES string of the molecule is C1=CC2Sc3ccccc3C3(c4ccccc4-c4cc(N(c5ccccc5)c5ccc6c(c5)sc5cc(N(c7ccc(-c8ccccc8)cc7)c7ccc(-c8ccccc8)cc7)ccc56)ccc43)C2C=C1. The zero-order valence-corrected chi connectivity index (χ0v) is 40.4. The van der Waals surface area contributed by atoms with Gasteiger partial charge in [0.25, 0.3) is 0 Å². The number of rotatable bonds is 8. The zero-order chi connectivity index (χ0) is 46.9. The van der Waals surface area contributed by atoms with Crippen molar-refractivity contribution in [1.82, 2.24) is 0 Å². The lowest BCUT2D eigenvalue weighted by atomic mass is 9.62. The molecule has 1 spiro atoms. The molecule has 0 fully saturated rings. The van der Waals surface area contributed by atoms with Crippen molar-refractivity contribution >= 4 is 77.4 Å². The number of benzene rings is 10. The van der Waals surface area contributed by atoms with Gasteiger partial charge in [0.15, 0.2) is 0 Å². The van der Waals surface area contributed by atoms with E-state index >= 15 is 0 Å². The van der Waals surface area contributed by atoms with Gasteiger partial charge in [-0.3, -0.25) is 0 Å². The van der Waals surface area contributed by atoms with E-state index in [0.29, 0.717) is 5.25 Å². The number of para-hydroxylation sites is 1. The van der Waals surface area contributed by atoms with E-state index in [1.807, 2.05) is 23.1 Å². The van der Waals surface area contributed by atoms with Gasteiger partial charge in [-0.05, 0) is 129 Å². The fourth-order valence-corrected chi connectivity index (χ4v) is 14.4. The third-order valence-electron chi connectivity index (χ3n) is 14.9. The summed E-state index contributed by atoms with van der Waals surface area (Å²) < 4.78 is 2.51. The number of nitrogens with zero attached hydrogens (tertiary/aromatic N) is 2. The first-order valence-corrected chi connectivity index (χ1v) is 26.2. The molecule has 3 aliphatic rings. The largest absolute Gasteiger partial charge is 0.310 e. The maximum absolute atomic E-state index is 2.47. The minimum atomic E-state index is -0.294. The van der Waals surface area contributed by atoms with Crippen LogP contribution in [0.1, 0.15) is 16.7 Å². The van der Waals surface area contributed by atoms with Crippen LogP contribution in [0, 0.1) is 5.92 Å². The van der Waals surface area contributed by atoms with Crippen molar-refractivity contribution in [3.05, 3.63) is 284 Å². The van der Waals surface area contributed by atoms with Gasteiger partial charge in [-0.25, -0.2) is 0 Å². The molecule has 0 saturated heterocycles. The van der Waals surface area contributed by atoms with Gasteiger partial charge in [-0.2, -0.15) is 0 Å². The molecule has 0 saturated carbocycles. The Morgan fingerprint density at radius 1 is 0.338 bits per heavy atom.